The first-order chi connectivity index (χ1) is 9.47. The smallest absolute Gasteiger partial charge is 0.194 e. The first-order valence-corrected chi connectivity index (χ1v) is 6.71. The van der Waals surface area contributed by atoms with Gasteiger partial charge in [0.1, 0.15) is 18.2 Å². The minimum absolute atomic E-state index is 0.0593. The van der Waals surface area contributed by atoms with Gasteiger partial charge in [-0.1, -0.05) is 6.07 Å². The van der Waals surface area contributed by atoms with Crippen molar-refractivity contribution < 1.29 is 23.0 Å². The van der Waals surface area contributed by atoms with Crippen molar-refractivity contribution in [1.82, 2.24) is 0 Å². The lowest BCUT2D eigenvalue weighted by Crippen LogP contribution is -2.35. The second-order valence-electron chi connectivity index (χ2n) is 5.18. The van der Waals surface area contributed by atoms with Gasteiger partial charge in [0.25, 0.3) is 0 Å². The molecule has 0 radical (unpaired) electrons. The van der Waals surface area contributed by atoms with E-state index >= 15 is 0 Å². The van der Waals surface area contributed by atoms with E-state index in [2.05, 4.69) is 0 Å². The highest BCUT2D eigenvalue weighted by atomic mass is 19.1. The molecule has 110 valence electrons. The average Bonchev–Trinajstić information content (AvgIpc) is 2.35. The summed E-state index contributed by atoms with van der Waals surface area (Å²) in [4.78, 5) is 11.9. The van der Waals surface area contributed by atoms with E-state index < -0.39 is 23.0 Å². The first kappa shape index (κ1) is 15.1. The second-order valence-corrected chi connectivity index (χ2v) is 5.18. The van der Waals surface area contributed by atoms with Crippen LogP contribution >= 0.6 is 0 Å². The van der Waals surface area contributed by atoms with Crippen LogP contribution in [0.5, 0.6) is 0 Å². The number of Topliss-reactive ketones (excluding diaryl/α,β-unsaturated/α-hetero) is 1. The predicted molar refractivity (Wildman–Crippen MR) is 69.7 cm³/mol. The summed E-state index contributed by atoms with van der Waals surface area (Å²) >= 11 is 0. The van der Waals surface area contributed by atoms with Gasteiger partial charge in [-0.25, -0.2) is 8.78 Å². The number of ketones is 1. The molecule has 0 aliphatic carbocycles. The predicted octanol–water partition coefficient (Wildman–Crippen LogP) is 3.12. The number of carbonyl (C=O) groups is 1. The fraction of sp³-hybridized carbons (Fsp3) is 0.533. The summed E-state index contributed by atoms with van der Waals surface area (Å²) < 4.78 is 38.0. The van der Waals surface area contributed by atoms with Gasteiger partial charge in [-0.05, 0) is 38.8 Å². The summed E-state index contributed by atoms with van der Waals surface area (Å²) in [6, 6.07) is 3.36. The maximum Gasteiger partial charge on any atom is 0.194 e. The number of carbonyl (C=O) groups excluding carboxylic acids is 1. The standard InChI is InChI=1S/C15H18F2O3/c1-9-6-11(7-10(2)20-9)19-8-14(18)15-12(16)4-3-5-13(15)17/h3-5,9-11H,6-8H2,1-2H3. The molecular formula is C15H18F2O3. The molecule has 1 aromatic rings. The van der Waals surface area contributed by atoms with Gasteiger partial charge < -0.3 is 9.47 Å². The van der Waals surface area contributed by atoms with E-state index in [1.54, 1.807) is 0 Å². The molecule has 1 heterocycles. The molecule has 3 nitrogen and oxygen atoms in total. The second kappa shape index (κ2) is 6.41. The molecule has 1 aromatic carbocycles. The molecule has 2 rings (SSSR count). The maximum atomic E-state index is 13.5. The molecule has 1 aliphatic rings. The van der Waals surface area contributed by atoms with Gasteiger partial charge in [-0.15, -0.1) is 0 Å². The molecular weight excluding hydrogens is 266 g/mol. The van der Waals surface area contributed by atoms with Crippen LogP contribution < -0.4 is 0 Å². The van der Waals surface area contributed by atoms with Crippen LogP contribution in [0, 0.1) is 11.6 Å². The van der Waals surface area contributed by atoms with E-state index in [0.29, 0.717) is 12.8 Å². The minimum atomic E-state index is -0.854. The van der Waals surface area contributed by atoms with Crippen LogP contribution in [-0.4, -0.2) is 30.7 Å². The highest BCUT2D eigenvalue weighted by Crippen LogP contribution is 2.22. The van der Waals surface area contributed by atoms with Gasteiger partial charge in [0.05, 0.1) is 23.9 Å². The van der Waals surface area contributed by atoms with Crippen LogP contribution in [0.25, 0.3) is 0 Å². The SMILES string of the molecule is CC1CC(OCC(=O)c2c(F)cccc2F)CC(C)O1. The van der Waals surface area contributed by atoms with Crippen LogP contribution in [-0.2, 0) is 9.47 Å². The van der Waals surface area contributed by atoms with Gasteiger partial charge >= 0.3 is 0 Å². The van der Waals surface area contributed by atoms with Crippen LogP contribution in [0.15, 0.2) is 18.2 Å². The Morgan fingerprint density at radius 3 is 2.35 bits per heavy atom. The quantitative estimate of drug-likeness (QED) is 0.797. The van der Waals surface area contributed by atoms with E-state index in [-0.39, 0.29) is 24.9 Å². The molecule has 5 heteroatoms. The molecule has 2 atom stereocenters. The molecule has 0 saturated carbocycles. The van der Waals surface area contributed by atoms with Crippen LogP contribution in [0.1, 0.15) is 37.0 Å². The van der Waals surface area contributed by atoms with Gasteiger partial charge in [0, 0.05) is 0 Å². The lowest BCUT2D eigenvalue weighted by Gasteiger charge is -2.31. The number of ether oxygens (including phenoxy) is 2. The third-order valence-electron chi connectivity index (χ3n) is 3.35. The van der Waals surface area contributed by atoms with E-state index in [1.807, 2.05) is 13.8 Å². The topological polar surface area (TPSA) is 35.5 Å². The summed E-state index contributed by atoms with van der Waals surface area (Å²) in [5.41, 5.74) is -0.527. The Labute approximate surface area is 116 Å². The third kappa shape index (κ3) is 3.61. The summed E-state index contributed by atoms with van der Waals surface area (Å²) in [5.74, 6) is -2.38. The Balaban J connectivity index is 1.95. The largest absolute Gasteiger partial charge is 0.375 e. The number of hydrogen-bond acceptors (Lipinski definition) is 3. The van der Waals surface area contributed by atoms with Gasteiger partial charge in [-0.3, -0.25) is 4.79 Å². The molecule has 0 N–H and O–H groups in total. The molecule has 0 spiro atoms. The lowest BCUT2D eigenvalue weighted by molar-refractivity contribution is -0.0975. The zero-order chi connectivity index (χ0) is 14.7. The lowest BCUT2D eigenvalue weighted by atomic mass is 10.0. The van der Waals surface area contributed by atoms with Crippen molar-refractivity contribution in [3.05, 3.63) is 35.4 Å². The Kier molecular flexibility index (Phi) is 4.83. The van der Waals surface area contributed by atoms with Gasteiger partial charge in [0.2, 0.25) is 0 Å². The summed E-state index contributed by atoms with van der Waals surface area (Å²) in [6.45, 7) is 3.55. The molecule has 1 fully saturated rings. The highest BCUT2D eigenvalue weighted by Gasteiger charge is 2.26. The highest BCUT2D eigenvalue weighted by molar-refractivity contribution is 5.97. The van der Waals surface area contributed by atoms with Gasteiger partial charge in [0.15, 0.2) is 5.78 Å². The zero-order valence-corrected chi connectivity index (χ0v) is 11.6. The van der Waals surface area contributed by atoms with Crippen molar-refractivity contribution in [2.45, 2.75) is 45.0 Å². The summed E-state index contributed by atoms with van der Waals surface area (Å²) in [7, 11) is 0. The zero-order valence-electron chi connectivity index (χ0n) is 11.6. The summed E-state index contributed by atoms with van der Waals surface area (Å²) in [5, 5.41) is 0. The fourth-order valence-electron chi connectivity index (χ4n) is 2.51. The van der Waals surface area contributed by atoms with E-state index in [0.717, 1.165) is 12.1 Å². The van der Waals surface area contributed by atoms with E-state index in [4.69, 9.17) is 9.47 Å². The van der Waals surface area contributed by atoms with E-state index in [1.165, 1.54) is 6.07 Å². The molecule has 1 saturated heterocycles. The van der Waals surface area contributed by atoms with Gasteiger partial charge in [-0.2, -0.15) is 0 Å². The number of halogens is 2. The monoisotopic (exact) mass is 284 g/mol. The molecule has 20 heavy (non-hydrogen) atoms. The Morgan fingerprint density at radius 2 is 1.80 bits per heavy atom. The Morgan fingerprint density at radius 1 is 1.25 bits per heavy atom. The minimum Gasteiger partial charge on any atom is -0.375 e. The normalized spacial score (nSPS) is 26.5. The van der Waals surface area contributed by atoms with Crippen molar-refractivity contribution in [2.24, 2.45) is 0 Å². The first-order valence-electron chi connectivity index (χ1n) is 6.71. The number of hydrogen-bond donors (Lipinski definition) is 0. The fourth-order valence-corrected chi connectivity index (χ4v) is 2.51. The van der Waals surface area contributed by atoms with E-state index in [9.17, 15) is 13.6 Å². The summed E-state index contributed by atoms with van der Waals surface area (Å²) in [6.07, 6.45) is 1.36. The van der Waals surface area contributed by atoms with Crippen LogP contribution in [0.2, 0.25) is 0 Å². The molecule has 2 unspecified atom stereocenters. The Hall–Kier alpha value is -1.33. The maximum absolute atomic E-state index is 13.5. The van der Waals surface area contributed by atoms with Crippen molar-refractivity contribution in [3.8, 4) is 0 Å². The van der Waals surface area contributed by atoms with Crippen molar-refractivity contribution in [2.75, 3.05) is 6.61 Å². The van der Waals surface area contributed by atoms with Crippen LogP contribution in [0.4, 0.5) is 8.78 Å². The van der Waals surface area contributed by atoms with Crippen molar-refractivity contribution in [1.29, 1.82) is 0 Å². The van der Waals surface area contributed by atoms with Crippen LogP contribution in [0.3, 0.4) is 0 Å². The molecule has 1 aliphatic heterocycles. The third-order valence-corrected chi connectivity index (χ3v) is 3.35. The average molecular weight is 284 g/mol. The van der Waals surface area contributed by atoms with Crippen molar-refractivity contribution >= 4 is 5.78 Å². The molecule has 0 aromatic heterocycles. The number of benzene rings is 1. The van der Waals surface area contributed by atoms with Crippen molar-refractivity contribution in [3.63, 3.8) is 0 Å². The number of rotatable bonds is 4. The molecule has 0 bridgehead atoms. The molecule has 0 amide bonds. The Bertz CT molecular complexity index is 460.